The van der Waals surface area contributed by atoms with Gasteiger partial charge in [-0.3, -0.25) is 5.43 Å². The highest BCUT2D eigenvalue weighted by molar-refractivity contribution is 14.0. The summed E-state index contributed by atoms with van der Waals surface area (Å²) in [6.07, 6.45) is 9.10. The largest absolute Gasteiger partial charge is 0.286 e. The third-order valence-corrected chi connectivity index (χ3v) is 0.628. The summed E-state index contributed by atoms with van der Waals surface area (Å²) in [5, 5.41) is 3.72. The van der Waals surface area contributed by atoms with E-state index in [0.717, 1.165) is 0 Å². The lowest BCUT2D eigenvalue weighted by molar-refractivity contribution is 0.980. The van der Waals surface area contributed by atoms with Crippen LogP contribution < -0.4 is 5.43 Å². The van der Waals surface area contributed by atoms with Gasteiger partial charge in [-0.25, -0.2) is 0 Å². The molecule has 0 saturated carbocycles. The van der Waals surface area contributed by atoms with Crippen molar-refractivity contribution in [1.29, 1.82) is 0 Å². The number of hydrazone groups is 1. The second-order valence-electron chi connectivity index (χ2n) is 1.15. The Bertz CT molecular complexity index is 112. The minimum absolute atomic E-state index is 0. The van der Waals surface area contributed by atoms with Gasteiger partial charge in [0.2, 0.25) is 0 Å². The molecule has 0 aromatic carbocycles. The Morgan fingerprint density at radius 3 is 2.88 bits per heavy atom. The highest BCUT2D eigenvalue weighted by atomic mass is 127. The molecule has 1 aliphatic rings. The smallest absolute Gasteiger partial charge is 0.0472 e. The van der Waals surface area contributed by atoms with Crippen molar-refractivity contribution in [2.24, 2.45) is 5.10 Å². The maximum Gasteiger partial charge on any atom is 0.0472 e. The standard InChI is InChI=1S/C5H6N2.HI/c1-2-4-6-7-5-3-1;/h1-6H;1H. The summed E-state index contributed by atoms with van der Waals surface area (Å²) in [6, 6.07) is 0. The van der Waals surface area contributed by atoms with Crippen molar-refractivity contribution in [3.8, 4) is 0 Å². The summed E-state index contributed by atoms with van der Waals surface area (Å²) in [5.74, 6) is 0. The van der Waals surface area contributed by atoms with Crippen molar-refractivity contribution in [2.75, 3.05) is 0 Å². The number of hydrogen-bond acceptors (Lipinski definition) is 2. The highest BCUT2D eigenvalue weighted by Gasteiger charge is 1.68. The van der Waals surface area contributed by atoms with Crippen LogP contribution >= 0.6 is 24.0 Å². The van der Waals surface area contributed by atoms with Gasteiger partial charge in [-0.15, -0.1) is 24.0 Å². The quantitative estimate of drug-likeness (QED) is 0.613. The Morgan fingerprint density at radius 2 is 2.00 bits per heavy atom. The van der Waals surface area contributed by atoms with Crippen LogP contribution in [0.1, 0.15) is 0 Å². The van der Waals surface area contributed by atoms with Crippen molar-refractivity contribution in [3.05, 3.63) is 24.4 Å². The van der Waals surface area contributed by atoms with Gasteiger partial charge in [0.15, 0.2) is 0 Å². The van der Waals surface area contributed by atoms with Crippen LogP contribution in [0.3, 0.4) is 0 Å². The van der Waals surface area contributed by atoms with Gasteiger partial charge < -0.3 is 0 Å². The third kappa shape index (κ3) is 2.79. The summed E-state index contributed by atoms with van der Waals surface area (Å²) in [4.78, 5) is 0. The van der Waals surface area contributed by atoms with E-state index in [4.69, 9.17) is 0 Å². The van der Waals surface area contributed by atoms with E-state index in [1.807, 2.05) is 18.2 Å². The van der Waals surface area contributed by atoms with Crippen LogP contribution in [-0.2, 0) is 0 Å². The molecule has 0 fully saturated rings. The van der Waals surface area contributed by atoms with Crippen molar-refractivity contribution in [2.45, 2.75) is 0 Å². The fourth-order valence-electron chi connectivity index (χ4n) is 0.342. The number of nitrogens with zero attached hydrogens (tertiary/aromatic N) is 1. The van der Waals surface area contributed by atoms with Crippen molar-refractivity contribution in [1.82, 2.24) is 5.43 Å². The molecule has 8 heavy (non-hydrogen) atoms. The van der Waals surface area contributed by atoms with Gasteiger partial charge in [0.05, 0.1) is 0 Å². The van der Waals surface area contributed by atoms with Crippen LogP contribution in [0.15, 0.2) is 29.5 Å². The van der Waals surface area contributed by atoms with Crippen molar-refractivity contribution >= 4 is 30.2 Å². The lowest BCUT2D eigenvalue weighted by atomic mass is 10.5. The first-order chi connectivity index (χ1) is 3.50. The summed E-state index contributed by atoms with van der Waals surface area (Å²) in [5.41, 5.74) is 2.67. The minimum Gasteiger partial charge on any atom is -0.286 e. The first-order valence-corrected chi connectivity index (χ1v) is 2.10. The second kappa shape index (κ2) is 4.83. The van der Waals surface area contributed by atoms with Gasteiger partial charge in [-0.05, 0) is 12.2 Å². The summed E-state index contributed by atoms with van der Waals surface area (Å²) in [7, 11) is 0. The van der Waals surface area contributed by atoms with E-state index in [-0.39, 0.29) is 24.0 Å². The molecule has 1 heterocycles. The molecule has 0 atom stereocenters. The molecule has 0 unspecified atom stereocenters. The first kappa shape index (κ1) is 7.68. The van der Waals surface area contributed by atoms with Crippen LogP contribution in [0.5, 0.6) is 0 Å². The molecule has 0 spiro atoms. The fraction of sp³-hybridized carbons (Fsp3) is 0. The van der Waals surface area contributed by atoms with Crippen LogP contribution in [0.25, 0.3) is 0 Å². The molecule has 0 aliphatic carbocycles. The van der Waals surface area contributed by atoms with E-state index < -0.39 is 0 Å². The lowest BCUT2D eigenvalue weighted by Crippen LogP contribution is -1.89. The van der Waals surface area contributed by atoms with E-state index in [1.54, 1.807) is 12.4 Å². The van der Waals surface area contributed by atoms with Crippen molar-refractivity contribution < 1.29 is 0 Å². The Hall–Kier alpha value is -0.320. The van der Waals surface area contributed by atoms with Gasteiger partial charge >= 0.3 is 0 Å². The predicted molar refractivity (Wildman–Crippen MR) is 45.3 cm³/mol. The number of hydrogen-bond donors (Lipinski definition) is 1. The highest BCUT2D eigenvalue weighted by Crippen LogP contribution is 1.76. The lowest BCUT2D eigenvalue weighted by Gasteiger charge is -1.78. The normalized spacial score (nSPS) is 14.0. The SMILES string of the molecule is C1=CC=NNC=C1.I. The molecule has 0 aromatic rings. The number of nitrogens with one attached hydrogen (secondary N) is 1. The van der Waals surface area contributed by atoms with Gasteiger partial charge in [-0.2, -0.15) is 5.10 Å². The molecular formula is C5H7IN2. The molecule has 1 rings (SSSR count). The van der Waals surface area contributed by atoms with Crippen LogP contribution in [0, 0.1) is 0 Å². The van der Waals surface area contributed by atoms with Gasteiger partial charge in [0.1, 0.15) is 0 Å². The molecule has 3 heteroatoms. The van der Waals surface area contributed by atoms with E-state index in [9.17, 15) is 0 Å². The van der Waals surface area contributed by atoms with Gasteiger partial charge in [-0.1, -0.05) is 6.08 Å². The summed E-state index contributed by atoms with van der Waals surface area (Å²) in [6.45, 7) is 0. The molecule has 2 nitrogen and oxygen atoms in total. The monoisotopic (exact) mass is 222 g/mol. The zero-order chi connectivity index (χ0) is 4.95. The Kier molecular flexibility index (Phi) is 4.64. The Labute approximate surface area is 65.4 Å². The fourth-order valence-corrected chi connectivity index (χ4v) is 0.342. The molecule has 0 radical (unpaired) electrons. The van der Waals surface area contributed by atoms with Gasteiger partial charge in [0.25, 0.3) is 0 Å². The molecule has 0 amide bonds. The molecule has 0 aromatic heterocycles. The zero-order valence-corrected chi connectivity index (χ0v) is 6.57. The maximum atomic E-state index is 3.72. The first-order valence-electron chi connectivity index (χ1n) is 2.10. The molecule has 0 bridgehead atoms. The summed E-state index contributed by atoms with van der Waals surface area (Å²) >= 11 is 0. The van der Waals surface area contributed by atoms with E-state index in [1.165, 1.54) is 0 Å². The average Bonchev–Trinajstić information content (AvgIpc) is 1.90. The number of allylic oxidation sites excluding steroid dienone is 3. The van der Waals surface area contributed by atoms with Crippen LogP contribution in [0.4, 0.5) is 0 Å². The molecule has 1 aliphatic heterocycles. The van der Waals surface area contributed by atoms with Gasteiger partial charge in [0, 0.05) is 12.4 Å². The van der Waals surface area contributed by atoms with E-state index in [0.29, 0.717) is 0 Å². The maximum absolute atomic E-state index is 3.72. The molecule has 44 valence electrons. The van der Waals surface area contributed by atoms with E-state index in [2.05, 4.69) is 10.5 Å². The topological polar surface area (TPSA) is 24.4 Å². The van der Waals surface area contributed by atoms with E-state index >= 15 is 0 Å². The minimum atomic E-state index is 0. The Balaban J connectivity index is 0.000000490. The second-order valence-corrected chi connectivity index (χ2v) is 1.15. The van der Waals surface area contributed by atoms with Crippen molar-refractivity contribution in [3.63, 3.8) is 0 Å². The predicted octanol–water partition coefficient (Wildman–Crippen LogP) is 1.26. The molecule has 0 saturated heterocycles. The Morgan fingerprint density at radius 1 is 1.12 bits per heavy atom. The van der Waals surface area contributed by atoms with Crippen LogP contribution in [-0.4, -0.2) is 6.21 Å². The number of rotatable bonds is 0. The number of halogens is 1. The average molecular weight is 222 g/mol. The molecule has 1 N–H and O–H groups in total. The third-order valence-electron chi connectivity index (χ3n) is 0.628. The van der Waals surface area contributed by atoms with Crippen LogP contribution in [0.2, 0.25) is 0 Å². The zero-order valence-electron chi connectivity index (χ0n) is 4.24. The summed E-state index contributed by atoms with van der Waals surface area (Å²) < 4.78 is 0. The molecular weight excluding hydrogens is 215 g/mol.